The maximum Gasteiger partial charge on any atom is 0.217 e. The van der Waals surface area contributed by atoms with Crippen molar-refractivity contribution in [2.24, 2.45) is 5.73 Å². The summed E-state index contributed by atoms with van der Waals surface area (Å²) >= 11 is 0. The highest BCUT2D eigenvalue weighted by Gasteiger charge is 2.28. The fraction of sp³-hybridized carbons (Fsp3) is 0.909. The largest absolute Gasteiger partial charge is 0.370 e. The third kappa shape index (κ3) is 5.50. The van der Waals surface area contributed by atoms with Gasteiger partial charge in [-0.15, -0.1) is 0 Å². The highest BCUT2D eigenvalue weighted by atomic mass is 32.2. The van der Waals surface area contributed by atoms with Crippen molar-refractivity contribution in [3.05, 3.63) is 0 Å². The molecule has 5 nitrogen and oxygen atoms in total. The summed E-state index contributed by atoms with van der Waals surface area (Å²) in [5, 5.41) is 3.10. The number of nitrogens with two attached hydrogens (primary N) is 1. The molecule has 0 radical (unpaired) electrons. The molecule has 0 aromatic rings. The van der Waals surface area contributed by atoms with Crippen molar-refractivity contribution < 1.29 is 13.2 Å². The van der Waals surface area contributed by atoms with Crippen LogP contribution in [-0.2, 0) is 14.6 Å². The fourth-order valence-corrected chi connectivity index (χ4v) is 3.46. The molecule has 1 aliphatic rings. The Labute approximate surface area is 103 Å². The van der Waals surface area contributed by atoms with Crippen LogP contribution in [0.3, 0.4) is 0 Å². The first kappa shape index (κ1) is 14.4. The third-order valence-electron chi connectivity index (χ3n) is 3.26. The van der Waals surface area contributed by atoms with E-state index in [4.69, 9.17) is 5.73 Å². The molecule has 0 bridgehead atoms. The molecule has 1 saturated carbocycles. The molecule has 1 fully saturated rings. The van der Waals surface area contributed by atoms with Crippen molar-refractivity contribution in [1.29, 1.82) is 0 Å². The smallest absolute Gasteiger partial charge is 0.217 e. The van der Waals surface area contributed by atoms with E-state index in [1.165, 1.54) is 6.26 Å². The summed E-state index contributed by atoms with van der Waals surface area (Å²) < 4.78 is 22.9. The Morgan fingerprint density at radius 2 is 2.12 bits per heavy atom. The van der Waals surface area contributed by atoms with Crippen LogP contribution in [0.25, 0.3) is 0 Å². The van der Waals surface area contributed by atoms with Crippen LogP contribution in [0.2, 0.25) is 0 Å². The number of hydrogen-bond acceptors (Lipinski definition) is 4. The van der Waals surface area contributed by atoms with Gasteiger partial charge < -0.3 is 11.1 Å². The maximum atomic E-state index is 11.5. The predicted molar refractivity (Wildman–Crippen MR) is 67.3 cm³/mol. The molecule has 2 atom stereocenters. The van der Waals surface area contributed by atoms with E-state index in [0.717, 1.165) is 32.2 Å². The van der Waals surface area contributed by atoms with Gasteiger partial charge in [-0.2, -0.15) is 0 Å². The van der Waals surface area contributed by atoms with Gasteiger partial charge in [-0.05, 0) is 32.2 Å². The van der Waals surface area contributed by atoms with E-state index in [1.807, 2.05) is 0 Å². The summed E-state index contributed by atoms with van der Waals surface area (Å²) in [5.41, 5.74) is 5.04. The lowest BCUT2D eigenvalue weighted by Gasteiger charge is -2.28. The SMILES string of the molecule is CS(=O)(=O)C1CCCC(NCCCC(N)=O)C1. The normalized spacial score (nSPS) is 25.7. The number of rotatable bonds is 6. The lowest BCUT2D eigenvalue weighted by atomic mass is 9.95. The molecule has 6 heteroatoms. The molecular formula is C11H22N2O3S. The van der Waals surface area contributed by atoms with Gasteiger partial charge in [-0.1, -0.05) is 6.42 Å². The second-order valence-corrected chi connectivity index (χ2v) is 7.16. The second-order valence-electron chi connectivity index (χ2n) is 4.84. The minimum atomic E-state index is -2.92. The van der Waals surface area contributed by atoms with Crippen molar-refractivity contribution in [3.63, 3.8) is 0 Å². The summed E-state index contributed by atoms with van der Waals surface area (Å²) in [6, 6.07) is 0.261. The fourth-order valence-electron chi connectivity index (χ4n) is 2.29. The molecule has 0 aliphatic heterocycles. The van der Waals surface area contributed by atoms with Crippen molar-refractivity contribution in [1.82, 2.24) is 5.32 Å². The monoisotopic (exact) mass is 262 g/mol. The van der Waals surface area contributed by atoms with E-state index >= 15 is 0 Å². The van der Waals surface area contributed by atoms with Crippen LogP contribution in [-0.4, -0.2) is 38.4 Å². The maximum absolute atomic E-state index is 11.5. The predicted octanol–water partition coefficient (Wildman–Crippen LogP) is 0.197. The van der Waals surface area contributed by atoms with Gasteiger partial charge in [0.2, 0.25) is 5.91 Å². The van der Waals surface area contributed by atoms with E-state index in [9.17, 15) is 13.2 Å². The highest BCUT2D eigenvalue weighted by Crippen LogP contribution is 2.23. The highest BCUT2D eigenvalue weighted by molar-refractivity contribution is 7.91. The molecule has 0 aromatic heterocycles. The molecule has 0 spiro atoms. The zero-order valence-electron chi connectivity index (χ0n) is 10.3. The van der Waals surface area contributed by atoms with Crippen LogP contribution in [0, 0.1) is 0 Å². The molecular weight excluding hydrogens is 240 g/mol. The van der Waals surface area contributed by atoms with Crippen molar-refractivity contribution in [3.8, 4) is 0 Å². The Balaban J connectivity index is 2.28. The van der Waals surface area contributed by atoms with Gasteiger partial charge >= 0.3 is 0 Å². The Kier molecular flexibility index (Phi) is 5.39. The first-order chi connectivity index (χ1) is 7.89. The van der Waals surface area contributed by atoms with Crippen LogP contribution in [0.15, 0.2) is 0 Å². The minimum absolute atomic E-state index is 0.204. The number of primary amides is 1. The Morgan fingerprint density at radius 3 is 2.71 bits per heavy atom. The second kappa shape index (κ2) is 6.35. The van der Waals surface area contributed by atoms with Gasteiger partial charge in [0.25, 0.3) is 0 Å². The Bertz CT molecular complexity index is 354. The standard InChI is InChI=1S/C11H22N2O3S/c1-17(15,16)10-5-2-4-9(8-10)13-7-3-6-11(12)14/h9-10,13H,2-8H2,1H3,(H2,12,14). The number of hydrogen-bond donors (Lipinski definition) is 2. The van der Waals surface area contributed by atoms with Crippen LogP contribution >= 0.6 is 0 Å². The lowest BCUT2D eigenvalue weighted by Crippen LogP contribution is -2.39. The van der Waals surface area contributed by atoms with E-state index in [1.54, 1.807) is 0 Å². The van der Waals surface area contributed by atoms with Crippen molar-refractivity contribution in [2.45, 2.75) is 49.8 Å². The molecule has 0 saturated heterocycles. The molecule has 17 heavy (non-hydrogen) atoms. The van der Waals surface area contributed by atoms with Crippen LogP contribution in [0.5, 0.6) is 0 Å². The molecule has 1 rings (SSSR count). The zero-order valence-corrected chi connectivity index (χ0v) is 11.1. The lowest BCUT2D eigenvalue weighted by molar-refractivity contribution is -0.118. The van der Waals surface area contributed by atoms with Crippen LogP contribution in [0.1, 0.15) is 38.5 Å². The first-order valence-corrected chi connectivity index (χ1v) is 8.05. The topological polar surface area (TPSA) is 89.3 Å². The Hall–Kier alpha value is -0.620. The summed E-state index contributed by atoms with van der Waals surface area (Å²) in [6.07, 6.45) is 5.85. The molecule has 2 unspecified atom stereocenters. The van der Waals surface area contributed by atoms with Crippen molar-refractivity contribution >= 4 is 15.7 Å². The third-order valence-corrected chi connectivity index (χ3v) is 4.90. The van der Waals surface area contributed by atoms with Gasteiger partial charge in [0.1, 0.15) is 9.84 Å². The molecule has 0 heterocycles. The van der Waals surface area contributed by atoms with Crippen LogP contribution in [0.4, 0.5) is 0 Å². The number of carbonyl (C=O) groups is 1. The molecule has 1 aliphatic carbocycles. The van der Waals surface area contributed by atoms with Gasteiger partial charge in [-0.25, -0.2) is 8.42 Å². The van der Waals surface area contributed by atoms with Crippen LogP contribution < -0.4 is 11.1 Å². The quantitative estimate of drug-likeness (QED) is 0.669. The first-order valence-electron chi connectivity index (χ1n) is 6.10. The summed E-state index contributed by atoms with van der Waals surface area (Å²) in [4.78, 5) is 10.5. The molecule has 1 amide bonds. The summed E-state index contributed by atoms with van der Waals surface area (Å²) in [6.45, 7) is 0.726. The average Bonchev–Trinajstić information content (AvgIpc) is 2.23. The Morgan fingerprint density at radius 1 is 1.41 bits per heavy atom. The van der Waals surface area contributed by atoms with Gasteiger partial charge in [0.05, 0.1) is 5.25 Å². The van der Waals surface area contributed by atoms with E-state index in [2.05, 4.69) is 5.32 Å². The number of nitrogens with one attached hydrogen (secondary N) is 1. The molecule has 3 N–H and O–H groups in total. The number of sulfone groups is 1. The zero-order chi connectivity index (χ0) is 12.9. The van der Waals surface area contributed by atoms with Gasteiger partial charge in [-0.3, -0.25) is 4.79 Å². The van der Waals surface area contributed by atoms with Crippen molar-refractivity contribution in [2.75, 3.05) is 12.8 Å². The minimum Gasteiger partial charge on any atom is -0.370 e. The van der Waals surface area contributed by atoms with Gasteiger partial charge in [0, 0.05) is 18.7 Å². The van der Waals surface area contributed by atoms with E-state index < -0.39 is 9.84 Å². The van der Waals surface area contributed by atoms with E-state index in [0.29, 0.717) is 12.8 Å². The summed E-state index contributed by atoms with van der Waals surface area (Å²) in [7, 11) is -2.92. The molecule has 100 valence electrons. The summed E-state index contributed by atoms with van der Waals surface area (Å²) in [5.74, 6) is -0.288. The van der Waals surface area contributed by atoms with Gasteiger partial charge in [0.15, 0.2) is 0 Å². The molecule has 0 aromatic carbocycles. The van der Waals surface area contributed by atoms with E-state index in [-0.39, 0.29) is 17.2 Å². The number of amides is 1. The number of carbonyl (C=O) groups excluding carboxylic acids is 1. The average molecular weight is 262 g/mol.